The van der Waals surface area contributed by atoms with Crippen LogP contribution in [0, 0.1) is 15.9 Å². The lowest BCUT2D eigenvalue weighted by atomic mass is 10.2. The van der Waals surface area contributed by atoms with Gasteiger partial charge in [-0.2, -0.15) is 4.39 Å². The Hall–Kier alpha value is -1.74. The molecule has 1 aromatic carbocycles. The summed E-state index contributed by atoms with van der Waals surface area (Å²) in [5.74, 6) is -2.38. The van der Waals surface area contributed by atoms with E-state index in [1.54, 1.807) is 4.72 Å². The number of amides is 1. The van der Waals surface area contributed by atoms with Crippen molar-refractivity contribution in [3.8, 4) is 0 Å². The Labute approximate surface area is 118 Å². The number of hydrogen-bond acceptors (Lipinski definition) is 5. The van der Waals surface area contributed by atoms with Gasteiger partial charge in [0.1, 0.15) is 0 Å². The lowest BCUT2D eigenvalue weighted by molar-refractivity contribution is -0.387. The first kappa shape index (κ1) is 16.3. The number of sulfonamides is 1. The molecule has 0 fully saturated rings. The molecule has 0 spiro atoms. The van der Waals surface area contributed by atoms with E-state index in [1.165, 1.54) is 13.8 Å². The van der Waals surface area contributed by atoms with Crippen LogP contribution in [0.4, 0.5) is 10.1 Å². The minimum atomic E-state index is -3.93. The van der Waals surface area contributed by atoms with E-state index < -0.39 is 48.2 Å². The van der Waals surface area contributed by atoms with Crippen molar-refractivity contribution in [2.24, 2.45) is 0 Å². The predicted molar refractivity (Wildman–Crippen MR) is 69.6 cm³/mol. The molecule has 0 aromatic heterocycles. The Morgan fingerprint density at radius 3 is 2.45 bits per heavy atom. The van der Waals surface area contributed by atoms with Gasteiger partial charge in [0.15, 0.2) is 0 Å². The van der Waals surface area contributed by atoms with Crippen LogP contribution in [0.2, 0.25) is 5.02 Å². The van der Waals surface area contributed by atoms with Crippen molar-refractivity contribution in [3.05, 3.63) is 38.7 Å². The lowest BCUT2D eigenvalue weighted by Gasteiger charge is -2.10. The van der Waals surface area contributed by atoms with Crippen molar-refractivity contribution >= 4 is 33.2 Å². The lowest BCUT2D eigenvalue weighted by Crippen LogP contribution is -2.36. The molecule has 1 rings (SSSR count). The van der Waals surface area contributed by atoms with E-state index in [1.807, 2.05) is 0 Å². The van der Waals surface area contributed by atoms with Gasteiger partial charge in [-0.1, -0.05) is 11.6 Å². The Balaban J connectivity index is 3.24. The fraction of sp³-hybridized carbons (Fsp3) is 0.300. The fourth-order valence-corrected chi connectivity index (χ4v) is 1.99. The van der Waals surface area contributed by atoms with Crippen molar-refractivity contribution in [2.45, 2.75) is 19.1 Å². The highest BCUT2D eigenvalue weighted by molar-refractivity contribution is 7.90. The smallest absolute Gasteiger partial charge is 0.268 e. The summed E-state index contributed by atoms with van der Waals surface area (Å²) in [4.78, 5) is 21.3. The molecule has 0 saturated carbocycles. The minimum absolute atomic E-state index is 0.426. The Morgan fingerprint density at radius 1 is 1.45 bits per heavy atom. The third kappa shape index (κ3) is 3.42. The molecule has 0 aliphatic heterocycles. The monoisotopic (exact) mass is 324 g/mol. The number of hydrogen-bond donors (Lipinski definition) is 1. The van der Waals surface area contributed by atoms with Crippen LogP contribution < -0.4 is 4.72 Å². The summed E-state index contributed by atoms with van der Waals surface area (Å²) in [6.45, 7) is 2.68. The van der Waals surface area contributed by atoms with Gasteiger partial charge in [0.05, 0.1) is 20.8 Å². The third-order valence-corrected chi connectivity index (χ3v) is 4.36. The van der Waals surface area contributed by atoms with E-state index in [0.717, 1.165) is 0 Å². The highest BCUT2D eigenvalue weighted by atomic mass is 35.5. The number of carbonyl (C=O) groups excluding carboxylic acids is 1. The Bertz CT molecular complexity index is 674. The largest absolute Gasteiger partial charge is 0.305 e. The van der Waals surface area contributed by atoms with Gasteiger partial charge >= 0.3 is 5.69 Å². The summed E-state index contributed by atoms with van der Waals surface area (Å²) in [6, 6.07) is 1.17. The Kier molecular flexibility index (Phi) is 4.66. The van der Waals surface area contributed by atoms with Crippen LogP contribution in [0.5, 0.6) is 0 Å². The van der Waals surface area contributed by atoms with Gasteiger partial charge in [0.25, 0.3) is 5.91 Å². The standard InChI is InChI=1S/C10H10ClFN2O5S/c1-5(2)20(18,19)13-10(15)6-3-9(14(16)17)8(12)4-7(6)11/h3-5H,1-2H3,(H,13,15). The van der Waals surface area contributed by atoms with Gasteiger partial charge in [0, 0.05) is 12.1 Å². The molecule has 1 amide bonds. The quantitative estimate of drug-likeness (QED) is 0.672. The van der Waals surface area contributed by atoms with Crippen LogP contribution >= 0.6 is 11.6 Å². The van der Waals surface area contributed by atoms with Crippen molar-refractivity contribution in [1.29, 1.82) is 0 Å². The van der Waals surface area contributed by atoms with E-state index >= 15 is 0 Å². The SMILES string of the molecule is CC(C)S(=O)(=O)NC(=O)c1cc([N+](=O)[O-])c(F)cc1Cl. The first-order chi connectivity index (χ1) is 9.06. The highest BCUT2D eigenvalue weighted by Crippen LogP contribution is 2.26. The van der Waals surface area contributed by atoms with E-state index in [9.17, 15) is 27.7 Å². The predicted octanol–water partition coefficient (Wildman–Crippen LogP) is 1.86. The third-order valence-electron chi connectivity index (χ3n) is 2.33. The second-order valence-corrected chi connectivity index (χ2v) is 6.71. The van der Waals surface area contributed by atoms with Crippen LogP contribution in [0.1, 0.15) is 24.2 Å². The molecule has 0 radical (unpaired) electrons. The van der Waals surface area contributed by atoms with Crippen molar-refractivity contribution in [3.63, 3.8) is 0 Å². The fourth-order valence-electron chi connectivity index (χ4n) is 1.15. The zero-order chi connectivity index (χ0) is 15.7. The molecule has 20 heavy (non-hydrogen) atoms. The van der Waals surface area contributed by atoms with Crippen LogP contribution in [0.25, 0.3) is 0 Å². The zero-order valence-electron chi connectivity index (χ0n) is 10.4. The first-order valence-corrected chi connectivity index (χ1v) is 7.18. The molecular weight excluding hydrogens is 315 g/mol. The number of nitro benzene ring substituents is 1. The number of nitrogens with one attached hydrogen (secondary N) is 1. The molecule has 0 atom stereocenters. The summed E-state index contributed by atoms with van der Waals surface area (Å²) < 4.78 is 38.0. The summed E-state index contributed by atoms with van der Waals surface area (Å²) >= 11 is 5.59. The molecule has 10 heteroatoms. The molecule has 0 aliphatic carbocycles. The van der Waals surface area contributed by atoms with Crippen LogP contribution in [0.3, 0.4) is 0 Å². The van der Waals surface area contributed by atoms with Gasteiger partial charge in [-0.3, -0.25) is 14.9 Å². The van der Waals surface area contributed by atoms with Gasteiger partial charge in [-0.25, -0.2) is 13.1 Å². The minimum Gasteiger partial charge on any atom is -0.268 e. The van der Waals surface area contributed by atoms with Crippen molar-refractivity contribution in [1.82, 2.24) is 4.72 Å². The summed E-state index contributed by atoms with van der Waals surface area (Å²) in [5.41, 5.74) is -1.47. The molecule has 1 N–H and O–H groups in total. The van der Waals surface area contributed by atoms with Gasteiger partial charge in [-0.05, 0) is 13.8 Å². The summed E-state index contributed by atoms with van der Waals surface area (Å²) in [6.07, 6.45) is 0. The number of nitro groups is 1. The average molecular weight is 325 g/mol. The topological polar surface area (TPSA) is 106 Å². The molecule has 1 aromatic rings. The zero-order valence-corrected chi connectivity index (χ0v) is 12.0. The number of nitrogens with zero attached hydrogens (tertiary/aromatic N) is 1. The number of halogens is 2. The molecule has 0 unspecified atom stereocenters. The van der Waals surface area contributed by atoms with Crippen LogP contribution in [-0.4, -0.2) is 24.5 Å². The maximum Gasteiger partial charge on any atom is 0.305 e. The van der Waals surface area contributed by atoms with Gasteiger partial charge in [0.2, 0.25) is 15.8 Å². The van der Waals surface area contributed by atoms with Crippen molar-refractivity contribution in [2.75, 3.05) is 0 Å². The van der Waals surface area contributed by atoms with Gasteiger partial charge < -0.3 is 0 Å². The maximum absolute atomic E-state index is 13.2. The number of carbonyl (C=O) groups is 1. The van der Waals surface area contributed by atoms with E-state index in [0.29, 0.717) is 12.1 Å². The normalized spacial score (nSPS) is 11.4. The molecular formula is C10H10ClFN2O5S. The van der Waals surface area contributed by atoms with Crippen LogP contribution in [-0.2, 0) is 10.0 Å². The molecule has 0 saturated heterocycles. The molecule has 0 heterocycles. The van der Waals surface area contributed by atoms with E-state index in [4.69, 9.17) is 11.6 Å². The highest BCUT2D eigenvalue weighted by Gasteiger charge is 2.25. The average Bonchev–Trinajstić information content (AvgIpc) is 2.27. The van der Waals surface area contributed by atoms with E-state index in [-0.39, 0.29) is 0 Å². The molecule has 110 valence electrons. The van der Waals surface area contributed by atoms with Crippen molar-refractivity contribution < 1.29 is 22.5 Å². The second kappa shape index (κ2) is 5.71. The summed E-state index contributed by atoms with van der Waals surface area (Å²) in [7, 11) is -3.93. The molecule has 7 nitrogen and oxygen atoms in total. The van der Waals surface area contributed by atoms with E-state index in [2.05, 4.69) is 0 Å². The molecule has 0 aliphatic rings. The van der Waals surface area contributed by atoms with Crippen LogP contribution in [0.15, 0.2) is 12.1 Å². The Morgan fingerprint density at radius 2 is 2.00 bits per heavy atom. The number of rotatable bonds is 4. The molecule has 0 bridgehead atoms. The van der Waals surface area contributed by atoms with Gasteiger partial charge in [-0.15, -0.1) is 0 Å². The summed E-state index contributed by atoms with van der Waals surface area (Å²) in [5, 5.41) is 9.26. The second-order valence-electron chi connectivity index (χ2n) is 4.07. The first-order valence-electron chi connectivity index (χ1n) is 5.25. The number of benzene rings is 1. The maximum atomic E-state index is 13.2.